The third-order valence-electron chi connectivity index (χ3n) is 5.69. The minimum atomic E-state index is -0.137. The van der Waals surface area contributed by atoms with E-state index in [1.807, 2.05) is 37.3 Å². The number of aromatic nitrogens is 2. The first kappa shape index (κ1) is 21.3. The lowest BCUT2D eigenvalue weighted by molar-refractivity contribution is 0.0911. The fourth-order valence-corrected chi connectivity index (χ4v) is 4.11. The SMILES string of the molecule is CCc1ccc(Nc2nc3c(c(Nc4cccc(Cl)c4C)n2)C(=O)CC(C)(C)C3)cc1. The summed E-state index contributed by atoms with van der Waals surface area (Å²) < 4.78 is 0. The lowest BCUT2D eigenvalue weighted by Gasteiger charge is -2.30. The van der Waals surface area contributed by atoms with E-state index in [-0.39, 0.29) is 11.2 Å². The number of aryl methyl sites for hydroxylation is 1. The van der Waals surface area contributed by atoms with Crippen molar-refractivity contribution in [1.29, 1.82) is 0 Å². The monoisotopic (exact) mass is 434 g/mol. The molecular weight excluding hydrogens is 408 g/mol. The van der Waals surface area contributed by atoms with Crippen molar-refractivity contribution in [1.82, 2.24) is 9.97 Å². The van der Waals surface area contributed by atoms with Crippen molar-refractivity contribution < 1.29 is 4.79 Å². The summed E-state index contributed by atoms with van der Waals surface area (Å²) in [4.78, 5) is 22.5. The molecule has 3 aromatic rings. The van der Waals surface area contributed by atoms with Gasteiger partial charge in [0.15, 0.2) is 5.78 Å². The Labute approximate surface area is 188 Å². The fourth-order valence-electron chi connectivity index (χ4n) is 3.94. The highest BCUT2D eigenvalue weighted by Gasteiger charge is 2.35. The number of carbonyl (C=O) groups is 1. The summed E-state index contributed by atoms with van der Waals surface area (Å²) in [5.74, 6) is 1.05. The van der Waals surface area contributed by atoms with Crippen molar-refractivity contribution in [3.8, 4) is 0 Å². The fraction of sp³-hybridized carbons (Fsp3) is 0.320. The standard InChI is InChI=1S/C25H27ClN4O/c1-5-16-9-11-17(12-10-16)27-24-29-20-13-25(3,4)14-21(31)22(20)23(30-24)28-19-8-6-7-18(26)15(19)2/h6-12H,5,13-14H2,1-4H3,(H2,27,28,29,30). The number of ketones is 1. The Kier molecular flexibility index (Phi) is 5.71. The smallest absolute Gasteiger partial charge is 0.229 e. The molecule has 1 heterocycles. The number of Topliss-reactive ketones (excluding diaryl/α,β-unsaturated/α-hetero) is 1. The third kappa shape index (κ3) is 4.57. The molecule has 0 bridgehead atoms. The van der Waals surface area contributed by atoms with Gasteiger partial charge in [0.1, 0.15) is 5.82 Å². The molecule has 0 aliphatic heterocycles. The number of hydrogen-bond donors (Lipinski definition) is 2. The van der Waals surface area contributed by atoms with E-state index in [1.54, 1.807) is 0 Å². The van der Waals surface area contributed by atoms with Crippen molar-refractivity contribution >= 4 is 40.5 Å². The number of nitrogens with zero attached hydrogens (tertiary/aromatic N) is 2. The van der Waals surface area contributed by atoms with E-state index in [2.05, 4.69) is 43.5 Å². The van der Waals surface area contributed by atoms with Gasteiger partial charge in [-0.05, 0) is 60.6 Å². The predicted octanol–water partition coefficient (Wildman–Crippen LogP) is 6.64. The van der Waals surface area contributed by atoms with Crippen LogP contribution < -0.4 is 10.6 Å². The molecule has 0 saturated carbocycles. The van der Waals surface area contributed by atoms with Crippen molar-refractivity contribution in [2.75, 3.05) is 10.6 Å². The van der Waals surface area contributed by atoms with Gasteiger partial charge >= 0.3 is 0 Å². The molecule has 0 unspecified atom stereocenters. The number of nitrogens with one attached hydrogen (secondary N) is 2. The van der Waals surface area contributed by atoms with Crippen LogP contribution in [0.2, 0.25) is 5.02 Å². The molecule has 1 aromatic heterocycles. The van der Waals surface area contributed by atoms with E-state index >= 15 is 0 Å². The molecule has 5 nitrogen and oxygen atoms in total. The van der Waals surface area contributed by atoms with E-state index in [4.69, 9.17) is 21.6 Å². The Hall–Kier alpha value is -2.92. The number of benzene rings is 2. The van der Waals surface area contributed by atoms with Crippen LogP contribution in [0.3, 0.4) is 0 Å². The van der Waals surface area contributed by atoms with Crippen LogP contribution >= 0.6 is 11.6 Å². The van der Waals surface area contributed by atoms with Gasteiger partial charge in [-0.3, -0.25) is 4.79 Å². The van der Waals surface area contributed by atoms with E-state index < -0.39 is 0 Å². The highest BCUT2D eigenvalue weighted by atomic mass is 35.5. The first-order valence-corrected chi connectivity index (χ1v) is 11.0. The number of carbonyl (C=O) groups excluding carboxylic acids is 1. The van der Waals surface area contributed by atoms with Gasteiger partial charge in [-0.2, -0.15) is 4.98 Å². The van der Waals surface area contributed by atoms with Gasteiger partial charge in [-0.15, -0.1) is 0 Å². The Morgan fingerprint density at radius 3 is 2.48 bits per heavy atom. The minimum absolute atomic E-state index is 0.0623. The summed E-state index contributed by atoms with van der Waals surface area (Å²) in [7, 11) is 0. The maximum atomic E-state index is 13.0. The number of anilines is 4. The van der Waals surface area contributed by atoms with Gasteiger partial charge in [0.25, 0.3) is 0 Å². The summed E-state index contributed by atoms with van der Waals surface area (Å²) in [5.41, 5.74) is 5.11. The third-order valence-corrected chi connectivity index (χ3v) is 6.10. The second-order valence-corrected chi connectivity index (χ2v) is 9.28. The van der Waals surface area contributed by atoms with Crippen LogP contribution in [0, 0.1) is 12.3 Å². The number of fused-ring (bicyclic) bond motifs is 1. The van der Waals surface area contributed by atoms with Gasteiger partial charge in [-0.25, -0.2) is 4.98 Å². The molecule has 160 valence electrons. The van der Waals surface area contributed by atoms with Crippen molar-refractivity contribution in [3.05, 3.63) is 69.9 Å². The second-order valence-electron chi connectivity index (χ2n) is 8.87. The summed E-state index contributed by atoms with van der Waals surface area (Å²) in [6.45, 7) is 8.27. The summed E-state index contributed by atoms with van der Waals surface area (Å²) >= 11 is 6.30. The molecule has 0 spiro atoms. The van der Waals surface area contributed by atoms with E-state index in [0.717, 1.165) is 29.1 Å². The van der Waals surface area contributed by atoms with Gasteiger partial charge in [0.05, 0.1) is 11.3 Å². The summed E-state index contributed by atoms with van der Waals surface area (Å²) in [6.07, 6.45) is 2.17. The highest BCUT2D eigenvalue weighted by molar-refractivity contribution is 6.31. The summed E-state index contributed by atoms with van der Waals surface area (Å²) in [5, 5.41) is 7.31. The first-order valence-electron chi connectivity index (χ1n) is 10.6. The Morgan fingerprint density at radius 2 is 1.77 bits per heavy atom. The molecule has 0 radical (unpaired) electrons. The van der Waals surface area contributed by atoms with Crippen LogP contribution in [0.5, 0.6) is 0 Å². The molecule has 0 fully saturated rings. The molecule has 0 amide bonds. The molecule has 1 aliphatic rings. The van der Waals surface area contributed by atoms with E-state index in [1.165, 1.54) is 5.56 Å². The maximum absolute atomic E-state index is 13.0. The zero-order valence-electron chi connectivity index (χ0n) is 18.3. The van der Waals surface area contributed by atoms with Crippen LogP contribution in [-0.4, -0.2) is 15.8 Å². The van der Waals surface area contributed by atoms with Gasteiger partial charge in [0, 0.05) is 22.8 Å². The van der Waals surface area contributed by atoms with Crippen LogP contribution in [0.25, 0.3) is 0 Å². The lowest BCUT2D eigenvalue weighted by atomic mass is 9.75. The molecule has 2 N–H and O–H groups in total. The molecule has 0 atom stereocenters. The second kappa shape index (κ2) is 8.31. The predicted molar refractivity (Wildman–Crippen MR) is 127 cm³/mol. The molecule has 0 saturated heterocycles. The first-order chi connectivity index (χ1) is 14.8. The zero-order chi connectivity index (χ0) is 22.2. The zero-order valence-corrected chi connectivity index (χ0v) is 19.1. The Bertz CT molecular complexity index is 1140. The van der Waals surface area contributed by atoms with E-state index in [0.29, 0.717) is 35.2 Å². The molecule has 4 rings (SSSR count). The van der Waals surface area contributed by atoms with Gasteiger partial charge in [0.2, 0.25) is 5.95 Å². The van der Waals surface area contributed by atoms with Crippen molar-refractivity contribution in [2.24, 2.45) is 5.41 Å². The average Bonchev–Trinajstić information content (AvgIpc) is 2.70. The van der Waals surface area contributed by atoms with Crippen LogP contribution in [-0.2, 0) is 12.8 Å². The van der Waals surface area contributed by atoms with Crippen LogP contribution in [0.4, 0.5) is 23.1 Å². The number of halogens is 1. The molecule has 6 heteroatoms. The largest absolute Gasteiger partial charge is 0.339 e. The van der Waals surface area contributed by atoms with Gasteiger partial charge in [-0.1, -0.05) is 50.6 Å². The highest BCUT2D eigenvalue weighted by Crippen LogP contribution is 2.38. The number of rotatable bonds is 5. The quantitative estimate of drug-likeness (QED) is 0.471. The lowest BCUT2D eigenvalue weighted by Crippen LogP contribution is -2.29. The molecular formula is C25H27ClN4O. The van der Waals surface area contributed by atoms with Crippen LogP contribution in [0.15, 0.2) is 42.5 Å². The molecule has 1 aliphatic carbocycles. The maximum Gasteiger partial charge on any atom is 0.229 e. The molecule has 31 heavy (non-hydrogen) atoms. The normalized spacial score (nSPS) is 14.8. The minimum Gasteiger partial charge on any atom is -0.339 e. The molecule has 2 aromatic carbocycles. The summed E-state index contributed by atoms with van der Waals surface area (Å²) in [6, 6.07) is 13.9. The topological polar surface area (TPSA) is 66.9 Å². The van der Waals surface area contributed by atoms with Crippen molar-refractivity contribution in [3.63, 3.8) is 0 Å². The Balaban J connectivity index is 1.77. The average molecular weight is 435 g/mol. The van der Waals surface area contributed by atoms with Crippen molar-refractivity contribution in [2.45, 2.75) is 47.0 Å². The Morgan fingerprint density at radius 1 is 1.03 bits per heavy atom. The van der Waals surface area contributed by atoms with E-state index in [9.17, 15) is 4.79 Å². The van der Waals surface area contributed by atoms with Crippen LogP contribution in [0.1, 0.15) is 54.4 Å². The van der Waals surface area contributed by atoms with Gasteiger partial charge < -0.3 is 10.6 Å². The number of hydrogen-bond acceptors (Lipinski definition) is 5.